The standard InChI is InChI=1S/C17H20N2O3S/c1-11(23-17-18-8-9-19(17)13-5-6-13)16(20)12-4-7-14(21-2)15(10-12)22-3/h4,7-11,13H,5-6H2,1-3H3/t11-/m0/s1. The van der Waals surface area contributed by atoms with Crippen molar-refractivity contribution in [1.29, 1.82) is 0 Å². The molecule has 0 saturated heterocycles. The second kappa shape index (κ2) is 6.66. The lowest BCUT2D eigenvalue weighted by atomic mass is 10.1. The van der Waals surface area contributed by atoms with Gasteiger partial charge in [-0.2, -0.15) is 0 Å². The lowest BCUT2D eigenvalue weighted by Crippen LogP contribution is -2.14. The first-order chi connectivity index (χ1) is 11.1. The fraction of sp³-hybridized carbons (Fsp3) is 0.412. The van der Waals surface area contributed by atoms with Gasteiger partial charge in [0.25, 0.3) is 0 Å². The van der Waals surface area contributed by atoms with Gasteiger partial charge in [-0.1, -0.05) is 11.8 Å². The van der Waals surface area contributed by atoms with E-state index in [1.54, 1.807) is 38.6 Å². The van der Waals surface area contributed by atoms with E-state index in [0.29, 0.717) is 23.1 Å². The maximum atomic E-state index is 12.7. The molecular formula is C17H20N2O3S. The predicted molar refractivity (Wildman–Crippen MR) is 89.7 cm³/mol. The Bertz CT molecular complexity index is 710. The molecule has 0 unspecified atom stereocenters. The monoisotopic (exact) mass is 332 g/mol. The summed E-state index contributed by atoms with van der Waals surface area (Å²) in [7, 11) is 3.15. The number of carbonyl (C=O) groups excluding carboxylic acids is 1. The molecule has 1 aliphatic carbocycles. The number of ketones is 1. The molecule has 0 radical (unpaired) electrons. The minimum atomic E-state index is -0.215. The molecule has 1 aliphatic rings. The molecule has 1 atom stereocenters. The number of hydrogen-bond donors (Lipinski definition) is 0. The van der Waals surface area contributed by atoms with Gasteiger partial charge < -0.3 is 14.0 Å². The molecule has 0 amide bonds. The molecule has 122 valence electrons. The molecule has 5 nitrogen and oxygen atoms in total. The average Bonchev–Trinajstić information content (AvgIpc) is 3.33. The zero-order valence-corrected chi connectivity index (χ0v) is 14.3. The number of methoxy groups -OCH3 is 2. The van der Waals surface area contributed by atoms with Gasteiger partial charge in [0.1, 0.15) is 0 Å². The number of benzene rings is 1. The summed E-state index contributed by atoms with van der Waals surface area (Å²) >= 11 is 1.50. The molecule has 0 bridgehead atoms. The quantitative estimate of drug-likeness (QED) is 0.573. The fourth-order valence-corrected chi connectivity index (χ4v) is 3.47. The van der Waals surface area contributed by atoms with E-state index in [1.165, 1.54) is 24.6 Å². The van der Waals surface area contributed by atoms with Gasteiger partial charge in [-0.25, -0.2) is 4.98 Å². The minimum absolute atomic E-state index is 0.0568. The maximum absolute atomic E-state index is 12.7. The van der Waals surface area contributed by atoms with Gasteiger partial charge in [0.15, 0.2) is 22.4 Å². The van der Waals surface area contributed by atoms with Crippen LogP contribution in [0, 0.1) is 0 Å². The number of aromatic nitrogens is 2. The fourth-order valence-electron chi connectivity index (χ4n) is 2.46. The number of nitrogens with zero attached hydrogens (tertiary/aromatic N) is 2. The van der Waals surface area contributed by atoms with E-state index in [-0.39, 0.29) is 11.0 Å². The normalized spacial score (nSPS) is 15.3. The van der Waals surface area contributed by atoms with Gasteiger partial charge in [-0.15, -0.1) is 0 Å². The Morgan fingerprint density at radius 2 is 2.04 bits per heavy atom. The summed E-state index contributed by atoms with van der Waals surface area (Å²) < 4.78 is 12.7. The van der Waals surface area contributed by atoms with Crippen molar-refractivity contribution < 1.29 is 14.3 Å². The summed E-state index contributed by atoms with van der Waals surface area (Å²) in [5.74, 6) is 1.24. The van der Waals surface area contributed by atoms with Gasteiger partial charge in [-0.05, 0) is 38.0 Å². The lowest BCUT2D eigenvalue weighted by molar-refractivity contribution is 0.0993. The van der Waals surface area contributed by atoms with E-state index < -0.39 is 0 Å². The number of thioether (sulfide) groups is 1. The second-order valence-corrected chi connectivity index (χ2v) is 6.85. The van der Waals surface area contributed by atoms with E-state index in [1.807, 2.05) is 13.1 Å². The van der Waals surface area contributed by atoms with Crippen LogP contribution >= 0.6 is 11.8 Å². The van der Waals surface area contributed by atoms with Gasteiger partial charge >= 0.3 is 0 Å². The highest BCUT2D eigenvalue weighted by atomic mass is 32.2. The molecule has 1 aromatic carbocycles. The van der Waals surface area contributed by atoms with Gasteiger partial charge in [0, 0.05) is 24.0 Å². The number of ether oxygens (including phenoxy) is 2. The first-order valence-electron chi connectivity index (χ1n) is 7.59. The van der Waals surface area contributed by atoms with E-state index in [0.717, 1.165) is 5.16 Å². The first kappa shape index (κ1) is 15.9. The molecule has 2 aromatic rings. The Morgan fingerprint density at radius 3 is 2.70 bits per heavy atom. The molecule has 1 saturated carbocycles. The van der Waals surface area contributed by atoms with Crippen LogP contribution in [0.15, 0.2) is 35.7 Å². The molecule has 0 spiro atoms. The molecule has 0 aliphatic heterocycles. The molecule has 1 heterocycles. The maximum Gasteiger partial charge on any atom is 0.176 e. The van der Waals surface area contributed by atoms with Crippen molar-refractivity contribution >= 4 is 17.5 Å². The van der Waals surface area contributed by atoms with E-state index >= 15 is 0 Å². The number of imidazole rings is 1. The van der Waals surface area contributed by atoms with Crippen molar-refractivity contribution in [2.24, 2.45) is 0 Å². The smallest absolute Gasteiger partial charge is 0.176 e. The second-order valence-electron chi connectivity index (χ2n) is 5.54. The Hall–Kier alpha value is -1.95. The van der Waals surface area contributed by atoms with Crippen molar-refractivity contribution in [3.8, 4) is 11.5 Å². The molecule has 3 rings (SSSR count). The number of Topliss-reactive ketones (excluding diaryl/α,β-unsaturated/α-hetero) is 1. The predicted octanol–water partition coefficient (Wildman–Crippen LogP) is 3.60. The van der Waals surface area contributed by atoms with Crippen LogP contribution in [0.4, 0.5) is 0 Å². The van der Waals surface area contributed by atoms with Crippen LogP contribution in [0.2, 0.25) is 0 Å². The minimum Gasteiger partial charge on any atom is -0.493 e. The van der Waals surface area contributed by atoms with Crippen LogP contribution in [0.3, 0.4) is 0 Å². The van der Waals surface area contributed by atoms with Crippen LogP contribution in [-0.2, 0) is 0 Å². The highest BCUT2D eigenvalue weighted by Gasteiger charge is 2.27. The van der Waals surface area contributed by atoms with Crippen LogP contribution in [0.1, 0.15) is 36.2 Å². The average molecular weight is 332 g/mol. The highest BCUT2D eigenvalue weighted by Crippen LogP contribution is 2.39. The largest absolute Gasteiger partial charge is 0.493 e. The van der Waals surface area contributed by atoms with Crippen molar-refractivity contribution in [3.63, 3.8) is 0 Å². The van der Waals surface area contributed by atoms with Crippen molar-refractivity contribution in [2.75, 3.05) is 14.2 Å². The van der Waals surface area contributed by atoms with Crippen molar-refractivity contribution in [1.82, 2.24) is 9.55 Å². The van der Waals surface area contributed by atoms with E-state index in [4.69, 9.17) is 9.47 Å². The van der Waals surface area contributed by atoms with E-state index in [2.05, 4.69) is 9.55 Å². The summed E-state index contributed by atoms with van der Waals surface area (Å²) in [5, 5.41) is 0.696. The van der Waals surface area contributed by atoms with E-state index in [9.17, 15) is 4.79 Å². The Balaban J connectivity index is 1.75. The summed E-state index contributed by atoms with van der Waals surface area (Å²) in [6, 6.07) is 5.82. The summed E-state index contributed by atoms with van der Waals surface area (Å²) in [6.07, 6.45) is 6.19. The van der Waals surface area contributed by atoms with Gasteiger partial charge in [0.2, 0.25) is 0 Å². The summed E-state index contributed by atoms with van der Waals surface area (Å²) in [6.45, 7) is 1.91. The molecule has 23 heavy (non-hydrogen) atoms. The first-order valence-corrected chi connectivity index (χ1v) is 8.47. The third-order valence-electron chi connectivity index (χ3n) is 3.89. The van der Waals surface area contributed by atoms with Crippen LogP contribution in [-0.4, -0.2) is 34.8 Å². The van der Waals surface area contributed by atoms with Crippen LogP contribution < -0.4 is 9.47 Å². The molecule has 1 fully saturated rings. The third kappa shape index (κ3) is 3.37. The van der Waals surface area contributed by atoms with Crippen molar-refractivity contribution in [2.45, 2.75) is 36.2 Å². The molecule has 1 aromatic heterocycles. The van der Waals surface area contributed by atoms with Crippen molar-refractivity contribution in [3.05, 3.63) is 36.2 Å². The summed E-state index contributed by atoms with van der Waals surface area (Å²) in [5.41, 5.74) is 0.618. The molecular weight excluding hydrogens is 312 g/mol. The Kier molecular flexibility index (Phi) is 4.61. The summed E-state index contributed by atoms with van der Waals surface area (Å²) in [4.78, 5) is 17.1. The zero-order chi connectivity index (χ0) is 16.4. The van der Waals surface area contributed by atoms with Crippen LogP contribution in [0.25, 0.3) is 0 Å². The number of rotatable bonds is 7. The topological polar surface area (TPSA) is 53.3 Å². The third-order valence-corrected chi connectivity index (χ3v) is 4.99. The lowest BCUT2D eigenvalue weighted by Gasteiger charge is -2.13. The SMILES string of the molecule is COc1ccc(C(=O)[C@H](C)Sc2nccn2C2CC2)cc1OC. The zero-order valence-electron chi connectivity index (χ0n) is 13.5. The van der Waals surface area contributed by atoms with Crippen LogP contribution in [0.5, 0.6) is 11.5 Å². The highest BCUT2D eigenvalue weighted by molar-refractivity contribution is 8.00. The Morgan fingerprint density at radius 1 is 1.30 bits per heavy atom. The molecule has 6 heteroatoms. The number of carbonyl (C=O) groups is 1. The van der Waals surface area contributed by atoms with Gasteiger partial charge in [-0.3, -0.25) is 4.79 Å². The molecule has 0 N–H and O–H groups in total. The Labute approximate surface area is 140 Å². The van der Waals surface area contributed by atoms with Gasteiger partial charge in [0.05, 0.1) is 19.5 Å². The number of hydrogen-bond acceptors (Lipinski definition) is 5.